The number of benzene rings is 2. The Kier molecular flexibility index (Phi) is 6.04. The number of hydrogen-bond donors (Lipinski definition) is 1. The molecule has 0 bridgehead atoms. The lowest BCUT2D eigenvalue weighted by atomic mass is 9.95. The van der Waals surface area contributed by atoms with E-state index in [1.807, 2.05) is 28.8 Å². The van der Waals surface area contributed by atoms with Crippen molar-refractivity contribution in [3.05, 3.63) is 70.1 Å². The lowest BCUT2D eigenvalue weighted by Crippen LogP contribution is -2.28. The molecule has 0 aliphatic carbocycles. The third-order valence-electron chi connectivity index (χ3n) is 4.37. The minimum absolute atomic E-state index is 0. The van der Waals surface area contributed by atoms with E-state index in [9.17, 15) is 4.79 Å². The summed E-state index contributed by atoms with van der Waals surface area (Å²) < 4.78 is 1.86. The van der Waals surface area contributed by atoms with Gasteiger partial charge in [-0.1, -0.05) is 61.9 Å². The van der Waals surface area contributed by atoms with Gasteiger partial charge in [0.05, 0.1) is 0 Å². The number of halogens is 1. The molecule has 4 heteroatoms. The van der Waals surface area contributed by atoms with E-state index in [0.717, 1.165) is 27.6 Å². The summed E-state index contributed by atoms with van der Waals surface area (Å²) >= 11 is 0. The van der Waals surface area contributed by atoms with Crippen LogP contribution in [0.5, 0.6) is 0 Å². The van der Waals surface area contributed by atoms with Gasteiger partial charge < -0.3 is 10.3 Å². The number of rotatable bonds is 4. The minimum Gasteiger partial charge on any atom is -0.325 e. The average molecular weight is 357 g/mol. The molecule has 3 nitrogen and oxygen atoms in total. The van der Waals surface area contributed by atoms with E-state index >= 15 is 0 Å². The van der Waals surface area contributed by atoms with Crippen molar-refractivity contribution >= 4 is 23.2 Å². The van der Waals surface area contributed by atoms with E-state index in [2.05, 4.69) is 45.0 Å². The summed E-state index contributed by atoms with van der Waals surface area (Å²) in [5, 5.41) is 1.73. The van der Waals surface area contributed by atoms with Gasteiger partial charge in [0.1, 0.15) is 0 Å². The second kappa shape index (κ2) is 7.85. The molecule has 0 radical (unpaired) electrons. The summed E-state index contributed by atoms with van der Waals surface area (Å²) in [6.45, 7) is 7.33. The maximum atomic E-state index is 13.0. The molecule has 0 aliphatic heterocycles. The lowest BCUT2D eigenvalue weighted by molar-refractivity contribution is 0.499. The molecule has 0 saturated carbocycles. The summed E-state index contributed by atoms with van der Waals surface area (Å²) in [6, 6.07) is 16.2. The fourth-order valence-corrected chi connectivity index (χ4v) is 3.26. The van der Waals surface area contributed by atoms with Crippen LogP contribution in [0.1, 0.15) is 25.1 Å². The minimum atomic E-state index is 0. The van der Waals surface area contributed by atoms with Gasteiger partial charge in [0.15, 0.2) is 0 Å². The van der Waals surface area contributed by atoms with Crippen LogP contribution in [0.3, 0.4) is 0 Å². The van der Waals surface area contributed by atoms with E-state index in [0.29, 0.717) is 19.0 Å². The van der Waals surface area contributed by atoms with Crippen LogP contribution in [0.4, 0.5) is 0 Å². The van der Waals surface area contributed by atoms with Crippen molar-refractivity contribution in [2.45, 2.75) is 33.9 Å². The van der Waals surface area contributed by atoms with Gasteiger partial charge in [0, 0.05) is 29.7 Å². The van der Waals surface area contributed by atoms with Crippen LogP contribution in [0, 0.1) is 12.8 Å². The molecule has 3 aromatic rings. The SMILES string of the molecule is Cc1ccc(-c2c(CN)n(CC(C)C)c(=O)c3ccccc23)cc1.Cl. The van der Waals surface area contributed by atoms with Gasteiger partial charge in [-0.3, -0.25) is 4.79 Å². The van der Waals surface area contributed by atoms with Gasteiger partial charge in [-0.05, 0) is 29.9 Å². The van der Waals surface area contributed by atoms with Crippen LogP contribution < -0.4 is 11.3 Å². The summed E-state index contributed by atoms with van der Waals surface area (Å²) in [7, 11) is 0. The maximum absolute atomic E-state index is 13.0. The van der Waals surface area contributed by atoms with E-state index in [-0.39, 0.29) is 18.0 Å². The Bertz CT molecular complexity index is 927. The number of aromatic nitrogens is 1. The van der Waals surface area contributed by atoms with E-state index in [1.165, 1.54) is 5.56 Å². The fraction of sp³-hybridized carbons (Fsp3) is 0.286. The highest BCUT2D eigenvalue weighted by Gasteiger charge is 2.17. The molecule has 1 heterocycles. The highest BCUT2D eigenvalue weighted by molar-refractivity contribution is 5.97. The quantitative estimate of drug-likeness (QED) is 0.747. The highest BCUT2D eigenvalue weighted by atomic mass is 35.5. The molecule has 0 amide bonds. The predicted octanol–water partition coefficient (Wildman–Crippen LogP) is 4.51. The summed E-state index contributed by atoms with van der Waals surface area (Å²) in [5.74, 6) is 0.375. The summed E-state index contributed by atoms with van der Waals surface area (Å²) in [4.78, 5) is 13.0. The Morgan fingerprint density at radius 1 is 1.00 bits per heavy atom. The molecule has 0 atom stereocenters. The van der Waals surface area contributed by atoms with Gasteiger partial charge in [-0.25, -0.2) is 0 Å². The Morgan fingerprint density at radius 2 is 1.60 bits per heavy atom. The first-order valence-corrected chi connectivity index (χ1v) is 8.44. The molecular weight excluding hydrogens is 332 g/mol. The number of aryl methyl sites for hydroxylation is 1. The van der Waals surface area contributed by atoms with Gasteiger partial charge in [-0.15, -0.1) is 12.4 Å². The zero-order valence-corrected chi connectivity index (χ0v) is 15.8. The summed E-state index contributed by atoms with van der Waals surface area (Å²) in [5.41, 5.74) is 10.5. The van der Waals surface area contributed by atoms with Crippen molar-refractivity contribution < 1.29 is 0 Å². The van der Waals surface area contributed by atoms with Gasteiger partial charge in [0.25, 0.3) is 5.56 Å². The van der Waals surface area contributed by atoms with Crippen molar-refractivity contribution in [3.8, 4) is 11.1 Å². The zero-order valence-electron chi connectivity index (χ0n) is 15.0. The van der Waals surface area contributed by atoms with Crippen LogP contribution in [-0.2, 0) is 13.1 Å². The molecule has 0 saturated heterocycles. The van der Waals surface area contributed by atoms with E-state index < -0.39 is 0 Å². The molecule has 2 aromatic carbocycles. The molecule has 1 aromatic heterocycles. The number of fused-ring (bicyclic) bond motifs is 1. The molecular formula is C21H25ClN2O. The molecule has 0 spiro atoms. The van der Waals surface area contributed by atoms with Crippen molar-refractivity contribution in [2.75, 3.05) is 0 Å². The first-order chi connectivity index (χ1) is 11.5. The van der Waals surface area contributed by atoms with Crippen LogP contribution in [0.2, 0.25) is 0 Å². The van der Waals surface area contributed by atoms with E-state index in [4.69, 9.17) is 5.73 Å². The monoisotopic (exact) mass is 356 g/mol. The van der Waals surface area contributed by atoms with Gasteiger partial charge in [0.2, 0.25) is 0 Å². The van der Waals surface area contributed by atoms with Crippen molar-refractivity contribution in [1.29, 1.82) is 0 Å². The normalized spacial score (nSPS) is 10.9. The highest BCUT2D eigenvalue weighted by Crippen LogP contribution is 2.31. The predicted molar refractivity (Wildman–Crippen MR) is 108 cm³/mol. The molecule has 0 aliphatic rings. The molecule has 132 valence electrons. The third kappa shape index (κ3) is 3.63. The third-order valence-corrected chi connectivity index (χ3v) is 4.37. The second-order valence-corrected chi connectivity index (χ2v) is 6.75. The Balaban J connectivity index is 0.00000225. The lowest BCUT2D eigenvalue weighted by Gasteiger charge is -2.20. The standard InChI is InChI=1S/C21H24N2O.ClH/c1-14(2)13-23-19(12-22)20(16-10-8-15(3)9-11-16)17-6-4-5-7-18(17)21(23)24;/h4-11,14H,12-13,22H2,1-3H3;1H. The van der Waals surface area contributed by atoms with Crippen molar-refractivity contribution in [2.24, 2.45) is 11.7 Å². The van der Waals surface area contributed by atoms with Crippen molar-refractivity contribution in [3.63, 3.8) is 0 Å². The second-order valence-electron chi connectivity index (χ2n) is 6.75. The van der Waals surface area contributed by atoms with E-state index in [1.54, 1.807) is 0 Å². The first kappa shape index (κ1) is 19.2. The van der Waals surface area contributed by atoms with Crippen LogP contribution >= 0.6 is 12.4 Å². The number of nitrogens with zero attached hydrogens (tertiary/aromatic N) is 1. The number of nitrogens with two attached hydrogens (primary N) is 1. The Morgan fingerprint density at radius 3 is 2.16 bits per heavy atom. The van der Waals surface area contributed by atoms with Crippen molar-refractivity contribution in [1.82, 2.24) is 4.57 Å². The smallest absolute Gasteiger partial charge is 0.258 e. The topological polar surface area (TPSA) is 48.0 Å². The number of pyridine rings is 1. The largest absolute Gasteiger partial charge is 0.325 e. The first-order valence-electron chi connectivity index (χ1n) is 8.44. The summed E-state index contributed by atoms with van der Waals surface area (Å²) in [6.07, 6.45) is 0. The average Bonchev–Trinajstić information content (AvgIpc) is 2.58. The molecule has 3 rings (SSSR count). The molecule has 25 heavy (non-hydrogen) atoms. The molecule has 0 unspecified atom stereocenters. The van der Waals surface area contributed by atoms with Crippen LogP contribution in [0.25, 0.3) is 21.9 Å². The Hall–Kier alpha value is -2.10. The fourth-order valence-electron chi connectivity index (χ4n) is 3.26. The molecule has 0 fully saturated rings. The number of hydrogen-bond acceptors (Lipinski definition) is 2. The zero-order chi connectivity index (χ0) is 17.3. The van der Waals surface area contributed by atoms with Gasteiger partial charge in [-0.2, -0.15) is 0 Å². The van der Waals surface area contributed by atoms with Crippen LogP contribution in [-0.4, -0.2) is 4.57 Å². The van der Waals surface area contributed by atoms with Gasteiger partial charge >= 0.3 is 0 Å². The molecule has 2 N–H and O–H groups in total. The Labute approximate surface area is 154 Å². The van der Waals surface area contributed by atoms with Crippen LogP contribution in [0.15, 0.2) is 53.3 Å². The maximum Gasteiger partial charge on any atom is 0.258 e.